The molecule has 1 aliphatic rings. The predicted octanol–water partition coefficient (Wildman–Crippen LogP) is 5.27. The number of nitrogens with one attached hydrogen (secondary N) is 1. The van der Waals surface area contributed by atoms with Crippen molar-refractivity contribution in [1.82, 2.24) is 4.31 Å². The second-order valence-corrected chi connectivity index (χ2v) is 11.9. The summed E-state index contributed by atoms with van der Waals surface area (Å²) in [6, 6.07) is 15.2. The smallest absolute Gasteiger partial charge is 0.341 e. The molecule has 1 amide bonds. The van der Waals surface area contributed by atoms with E-state index in [0.717, 1.165) is 48.1 Å². The van der Waals surface area contributed by atoms with Gasteiger partial charge in [0.05, 0.1) is 17.1 Å². The summed E-state index contributed by atoms with van der Waals surface area (Å²) in [5.41, 5.74) is 2.62. The molecule has 0 unspecified atom stereocenters. The third kappa shape index (κ3) is 5.69. The fraction of sp³-hybridized carbons (Fsp3) is 0.333. The SMILES string of the molecule is CCOC(=O)c1c(NC(=O)c2ccc(S(=O)(=O)N(C)Cc3ccccc3)cc2)sc2c1CCCCC2. The van der Waals surface area contributed by atoms with E-state index in [1.807, 2.05) is 30.3 Å². The lowest BCUT2D eigenvalue weighted by atomic mass is 10.1. The van der Waals surface area contributed by atoms with Gasteiger partial charge in [0.25, 0.3) is 5.91 Å². The van der Waals surface area contributed by atoms with Crippen LogP contribution in [0.3, 0.4) is 0 Å². The van der Waals surface area contributed by atoms with Crippen LogP contribution in [0.5, 0.6) is 0 Å². The molecule has 0 saturated heterocycles. The van der Waals surface area contributed by atoms with E-state index in [0.29, 0.717) is 16.1 Å². The number of fused-ring (bicyclic) bond motifs is 1. The van der Waals surface area contributed by atoms with E-state index in [1.165, 1.54) is 47.0 Å². The van der Waals surface area contributed by atoms with Crippen LogP contribution in [0.25, 0.3) is 0 Å². The largest absolute Gasteiger partial charge is 0.462 e. The number of esters is 1. The van der Waals surface area contributed by atoms with Crippen LogP contribution < -0.4 is 5.32 Å². The van der Waals surface area contributed by atoms with Crippen LogP contribution in [0.2, 0.25) is 0 Å². The van der Waals surface area contributed by atoms with Gasteiger partial charge in [-0.3, -0.25) is 4.79 Å². The molecule has 190 valence electrons. The molecule has 0 aliphatic heterocycles. The van der Waals surface area contributed by atoms with E-state index in [2.05, 4.69) is 5.32 Å². The maximum Gasteiger partial charge on any atom is 0.341 e. The maximum absolute atomic E-state index is 13.0. The van der Waals surface area contributed by atoms with Gasteiger partial charge in [-0.2, -0.15) is 4.31 Å². The van der Waals surface area contributed by atoms with Crippen molar-refractivity contribution in [1.29, 1.82) is 0 Å². The molecule has 7 nitrogen and oxygen atoms in total. The van der Waals surface area contributed by atoms with Gasteiger partial charge in [-0.25, -0.2) is 13.2 Å². The van der Waals surface area contributed by atoms with Crippen molar-refractivity contribution in [2.45, 2.75) is 50.5 Å². The number of amides is 1. The van der Waals surface area contributed by atoms with Gasteiger partial charge in [-0.15, -0.1) is 11.3 Å². The number of aryl methyl sites for hydroxylation is 1. The zero-order valence-electron chi connectivity index (χ0n) is 20.5. The topological polar surface area (TPSA) is 92.8 Å². The van der Waals surface area contributed by atoms with Crippen LogP contribution in [0, 0.1) is 0 Å². The summed E-state index contributed by atoms with van der Waals surface area (Å²) in [4.78, 5) is 27.0. The lowest BCUT2D eigenvalue weighted by Gasteiger charge is -2.17. The van der Waals surface area contributed by atoms with Crippen molar-refractivity contribution in [3.05, 3.63) is 81.7 Å². The monoisotopic (exact) mass is 526 g/mol. The molecule has 0 saturated carbocycles. The van der Waals surface area contributed by atoms with Crippen molar-refractivity contribution in [3.8, 4) is 0 Å². The number of anilines is 1. The van der Waals surface area contributed by atoms with Gasteiger partial charge in [0.1, 0.15) is 5.00 Å². The lowest BCUT2D eigenvalue weighted by Crippen LogP contribution is -2.26. The van der Waals surface area contributed by atoms with Gasteiger partial charge in [-0.05, 0) is 68.0 Å². The summed E-state index contributed by atoms with van der Waals surface area (Å²) in [7, 11) is -2.20. The third-order valence-corrected chi connectivity index (χ3v) is 9.23. The van der Waals surface area contributed by atoms with Gasteiger partial charge in [0.2, 0.25) is 10.0 Å². The highest BCUT2D eigenvalue weighted by atomic mass is 32.2. The summed E-state index contributed by atoms with van der Waals surface area (Å²) in [5, 5.41) is 3.37. The van der Waals surface area contributed by atoms with Crippen molar-refractivity contribution in [2.75, 3.05) is 19.0 Å². The van der Waals surface area contributed by atoms with Crippen LogP contribution >= 0.6 is 11.3 Å². The molecular weight excluding hydrogens is 496 g/mol. The minimum absolute atomic E-state index is 0.104. The Labute approximate surface area is 216 Å². The fourth-order valence-corrected chi connectivity index (χ4v) is 6.74. The minimum Gasteiger partial charge on any atom is -0.462 e. The Hall–Kier alpha value is -3.01. The Morgan fingerprint density at radius 2 is 1.69 bits per heavy atom. The molecule has 0 fully saturated rings. The van der Waals surface area contributed by atoms with E-state index < -0.39 is 21.9 Å². The fourth-order valence-electron chi connectivity index (χ4n) is 4.31. The Morgan fingerprint density at radius 3 is 2.39 bits per heavy atom. The highest BCUT2D eigenvalue weighted by Gasteiger charge is 2.27. The molecule has 1 aliphatic carbocycles. The molecule has 3 aromatic rings. The Morgan fingerprint density at radius 1 is 1.00 bits per heavy atom. The van der Waals surface area contributed by atoms with E-state index in [-0.39, 0.29) is 18.0 Å². The lowest BCUT2D eigenvalue weighted by molar-refractivity contribution is 0.0527. The average molecular weight is 527 g/mol. The second-order valence-electron chi connectivity index (χ2n) is 8.71. The molecule has 1 heterocycles. The summed E-state index contributed by atoms with van der Waals surface area (Å²) in [6.45, 7) is 2.25. The molecule has 1 aromatic heterocycles. The first-order valence-corrected chi connectivity index (χ1v) is 14.3. The van der Waals surface area contributed by atoms with Crippen LogP contribution in [0.4, 0.5) is 5.00 Å². The first-order chi connectivity index (χ1) is 17.3. The molecule has 0 radical (unpaired) electrons. The molecule has 9 heteroatoms. The van der Waals surface area contributed by atoms with E-state index in [9.17, 15) is 18.0 Å². The Kier molecular flexibility index (Phi) is 8.23. The Balaban J connectivity index is 1.53. The second kappa shape index (κ2) is 11.4. The first-order valence-electron chi connectivity index (χ1n) is 12.0. The summed E-state index contributed by atoms with van der Waals surface area (Å²) >= 11 is 1.43. The van der Waals surface area contributed by atoms with Crippen molar-refractivity contribution >= 4 is 38.2 Å². The van der Waals surface area contributed by atoms with Gasteiger partial charge in [0, 0.05) is 24.0 Å². The van der Waals surface area contributed by atoms with E-state index in [1.54, 1.807) is 6.92 Å². The van der Waals surface area contributed by atoms with Gasteiger partial charge in [0.15, 0.2) is 0 Å². The number of carbonyl (C=O) groups excluding carboxylic acids is 2. The molecule has 2 aromatic carbocycles. The zero-order chi connectivity index (χ0) is 25.7. The van der Waals surface area contributed by atoms with Gasteiger partial charge in [-0.1, -0.05) is 36.8 Å². The normalized spacial score (nSPS) is 13.6. The van der Waals surface area contributed by atoms with E-state index >= 15 is 0 Å². The molecule has 0 spiro atoms. The van der Waals surface area contributed by atoms with Crippen molar-refractivity contribution < 1.29 is 22.7 Å². The van der Waals surface area contributed by atoms with Crippen LogP contribution in [0.1, 0.15) is 62.9 Å². The number of rotatable bonds is 8. The summed E-state index contributed by atoms with van der Waals surface area (Å²) < 4.78 is 32.6. The number of hydrogen-bond donors (Lipinski definition) is 1. The molecule has 36 heavy (non-hydrogen) atoms. The number of carbonyl (C=O) groups is 2. The van der Waals surface area contributed by atoms with E-state index in [4.69, 9.17) is 4.74 Å². The number of hydrogen-bond acceptors (Lipinski definition) is 6. The third-order valence-electron chi connectivity index (χ3n) is 6.20. The van der Waals surface area contributed by atoms with Crippen LogP contribution in [0.15, 0.2) is 59.5 Å². The standard InChI is InChI=1S/C27H30N2O5S2/c1-3-34-27(31)24-22-12-8-5-9-13-23(22)35-26(24)28-25(30)20-14-16-21(17-15-20)36(32,33)29(2)18-19-10-6-4-7-11-19/h4,6-7,10-11,14-17H,3,5,8-9,12-13,18H2,1-2H3,(H,28,30). The first kappa shape index (κ1) is 26.1. The molecule has 4 rings (SSSR count). The van der Waals surface area contributed by atoms with Gasteiger partial charge < -0.3 is 10.1 Å². The molecule has 1 N–H and O–H groups in total. The number of sulfonamides is 1. The van der Waals surface area contributed by atoms with Crippen molar-refractivity contribution in [2.24, 2.45) is 0 Å². The maximum atomic E-state index is 13.0. The number of nitrogens with zero attached hydrogens (tertiary/aromatic N) is 1. The summed E-state index contributed by atoms with van der Waals surface area (Å²) in [5.74, 6) is -0.825. The average Bonchev–Trinajstić information content (AvgIpc) is 3.04. The summed E-state index contributed by atoms with van der Waals surface area (Å²) in [6.07, 6.45) is 4.83. The predicted molar refractivity (Wildman–Crippen MR) is 141 cm³/mol. The molecule has 0 bridgehead atoms. The number of ether oxygens (including phenoxy) is 1. The Bertz CT molecular complexity index is 1330. The highest BCUT2D eigenvalue weighted by Crippen LogP contribution is 2.38. The molecule has 0 atom stereocenters. The number of benzene rings is 2. The minimum atomic E-state index is -3.73. The van der Waals surface area contributed by atoms with Gasteiger partial charge >= 0.3 is 5.97 Å². The number of thiophene rings is 1. The quantitative estimate of drug-likeness (QED) is 0.319. The van der Waals surface area contributed by atoms with Crippen LogP contribution in [-0.4, -0.2) is 38.3 Å². The van der Waals surface area contributed by atoms with Crippen LogP contribution in [-0.2, 0) is 34.1 Å². The molecular formula is C27H30N2O5S2. The highest BCUT2D eigenvalue weighted by molar-refractivity contribution is 7.89. The van der Waals surface area contributed by atoms with Crippen molar-refractivity contribution in [3.63, 3.8) is 0 Å². The zero-order valence-corrected chi connectivity index (χ0v) is 22.1.